The first-order valence-electron chi connectivity index (χ1n) is 6.43. The van der Waals surface area contributed by atoms with Crippen LogP contribution in [0.25, 0.3) is 0 Å². The summed E-state index contributed by atoms with van der Waals surface area (Å²) >= 11 is 0. The second kappa shape index (κ2) is 5.97. The largest absolute Gasteiger partial charge is 0.349 e. The van der Waals surface area contributed by atoms with Crippen LogP contribution in [0, 0.1) is 11.6 Å². The van der Waals surface area contributed by atoms with Crippen LogP contribution in [0.2, 0.25) is 0 Å². The lowest BCUT2D eigenvalue weighted by Crippen LogP contribution is -2.17. The van der Waals surface area contributed by atoms with Crippen molar-refractivity contribution < 1.29 is 8.78 Å². The van der Waals surface area contributed by atoms with Gasteiger partial charge in [-0.15, -0.1) is 0 Å². The maximum Gasteiger partial charge on any atom is 0.128 e. The molecule has 1 unspecified atom stereocenters. The highest BCUT2D eigenvalue weighted by Crippen LogP contribution is 2.16. The molecule has 1 heterocycles. The summed E-state index contributed by atoms with van der Waals surface area (Å²) in [5, 5.41) is 3.31. The smallest absolute Gasteiger partial charge is 0.128 e. The first-order chi connectivity index (χ1) is 9.10. The van der Waals surface area contributed by atoms with Gasteiger partial charge in [-0.3, -0.25) is 0 Å². The average molecular weight is 264 g/mol. The van der Waals surface area contributed by atoms with E-state index in [9.17, 15) is 8.78 Å². The Bertz CT molecular complexity index is 549. The molecule has 0 spiro atoms. The molecule has 0 bridgehead atoms. The van der Waals surface area contributed by atoms with Gasteiger partial charge in [0, 0.05) is 30.5 Å². The van der Waals surface area contributed by atoms with E-state index in [0.29, 0.717) is 12.1 Å². The molecule has 2 nitrogen and oxygen atoms in total. The van der Waals surface area contributed by atoms with E-state index < -0.39 is 5.82 Å². The minimum atomic E-state index is -0.412. The zero-order chi connectivity index (χ0) is 13.8. The van der Waals surface area contributed by atoms with E-state index in [4.69, 9.17) is 0 Å². The number of halogens is 2. The van der Waals surface area contributed by atoms with Gasteiger partial charge < -0.3 is 9.88 Å². The van der Waals surface area contributed by atoms with Crippen LogP contribution in [0.1, 0.15) is 31.0 Å². The monoisotopic (exact) mass is 264 g/mol. The van der Waals surface area contributed by atoms with Crippen molar-refractivity contribution in [3.63, 3.8) is 0 Å². The number of aromatic nitrogens is 1. The van der Waals surface area contributed by atoms with Crippen LogP contribution in [0.4, 0.5) is 8.78 Å². The Kier molecular flexibility index (Phi) is 4.32. The summed E-state index contributed by atoms with van der Waals surface area (Å²) in [6.07, 6.45) is 3.84. The molecule has 19 heavy (non-hydrogen) atoms. The number of rotatable bonds is 5. The Morgan fingerprint density at radius 2 is 2.05 bits per heavy atom. The van der Waals surface area contributed by atoms with Gasteiger partial charge in [0.25, 0.3) is 0 Å². The molecule has 2 rings (SSSR count). The highest BCUT2D eigenvalue weighted by atomic mass is 19.1. The molecule has 0 amide bonds. The third-order valence-electron chi connectivity index (χ3n) is 3.14. The molecule has 102 valence electrons. The average Bonchev–Trinajstić information content (AvgIpc) is 2.83. The Morgan fingerprint density at radius 3 is 2.79 bits per heavy atom. The van der Waals surface area contributed by atoms with Crippen molar-refractivity contribution in [1.82, 2.24) is 9.88 Å². The van der Waals surface area contributed by atoms with Crippen molar-refractivity contribution in [2.24, 2.45) is 0 Å². The summed E-state index contributed by atoms with van der Waals surface area (Å²) in [7, 11) is 0. The van der Waals surface area contributed by atoms with Gasteiger partial charge >= 0.3 is 0 Å². The molecule has 0 radical (unpaired) electrons. The third kappa shape index (κ3) is 3.41. The highest BCUT2D eigenvalue weighted by Gasteiger charge is 2.08. The molecule has 4 heteroatoms. The summed E-state index contributed by atoms with van der Waals surface area (Å²) < 4.78 is 28.5. The predicted molar refractivity (Wildman–Crippen MR) is 72.0 cm³/mol. The maximum atomic E-state index is 13.5. The molecular weight excluding hydrogens is 246 g/mol. The quantitative estimate of drug-likeness (QED) is 0.874. The van der Waals surface area contributed by atoms with Gasteiger partial charge in [0.05, 0.1) is 0 Å². The summed E-state index contributed by atoms with van der Waals surface area (Å²) in [5.41, 5.74) is 1.50. The second-order valence-electron chi connectivity index (χ2n) is 4.63. The van der Waals surface area contributed by atoms with E-state index in [0.717, 1.165) is 24.2 Å². The fourth-order valence-electron chi connectivity index (χ4n) is 2.10. The lowest BCUT2D eigenvalue weighted by atomic mass is 10.2. The van der Waals surface area contributed by atoms with E-state index >= 15 is 0 Å². The minimum Gasteiger partial charge on any atom is -0.349 e. The van der Waals surface area contributed by atoms with Crippen LogP contribution in [0.5, 0.6) is 0 Å². The first kappa shape index (κ1) is 13.7. The molecule has 0 aliphatic heterocycles. The Labute approximate surface area is 112 Å². The zero-order valence-electron chi connectivity index (χ0n) is 11.2. The molecule has 0 saturated heterocycles. The van der Waals surface area contributed by atoms with Gasteiger partial charge in [-0.05, 0) is 43.3 Å². The van der Waals surface area contributed by atoms with Crippen molar-refractivity contribution in [2.75, 3.05) is 6.54 Å². The van der Waals surface area contributed by atoms with Crippen molar-refractivity contribution in [3.05, 3.63) is 59.4 Å². The first-order valence-corrected chi connectivity index (χ1v) is 6.43. The molecule has 0 aliphatic carbocycles. The Hall–Kier alpha value is -1.68. The van der Waals surface area contributed by atoms with Crippen molar-refractivity contribution in [1.29, 1.82) is 0 Å². The summed E-state index contributed by atoms with van der Waals surface area (Å²) in [5.74, 6) is -0.791. The number of benzene rings is 1. The summed E-state index contributed by atoms with van der Waals surface area (Å²) in [6, 6.07) is 5.78. The van der Waals surface area contributed by atoms with E-state index in [1.165, 1.54) is 6.07 Å². The molecule has 1 N–H and O–H groups in total. The van der Waals surface area contributed by atoms with Crippen LogP contribution in [-0.4, -0.2) is 11.1 Å². The Balaban J connectivity index is 2.13. The lowest BCUT2D eigenvalue weighted by Gasteiger charge is -2.10. The molecule has 2 aromatic rings. The predicted octanol–water partition coefficient (Wildman–Crippen LogP) is 3.49. The fourth-order valence-corrected chi connectivity index (χ4v) is 2.10. The molecule has 0 fully saturated rings. The molecule has 0 aliphatic rings. The molecule has 0 saturated carbocycles. The van der Waals surface area contributed by atoms with Crippen molar-refractivity contribution in [2.45, 2.75) is 26.4 Å². The van der Waals surface area contributed by atoms with Crippen molar-refractivity contribution in [3.8, 4) is 0 Å². The Morgan fingerprint density at radius 1 is 1.26 bits per heavy atom. The van der Waals surface area contributed by atoms with E-state index in [2.05, 4.69) is 19.2 Å². The number of hydrogen-bond donors (Lipinski definition) is 1. The topological polar surface area (TPSA) is 17.0 Å². The van der Waals surface area contributed by atoms with Crippen LogP contribution in [-0.2, 0) is 6.54 Å². The lowest BCUT2D eigenvalue weighted by molar-refractivity contribution is 0.575. The number of hydrogen-bond acceptors (Lipinski definition) is 1. The van der Waals surface area contributed by atoms with Gasteiger partial charge in [-0.1, -0.05) is 6.92 Å². The summed E-state index contributed by atoms with van der Waals surface area (Å²) in [6.45, 7) is 5.36. The van der Waals surface area contributed by atoms with Gasteiger partial charge in [-0.2, -0.15) is 0 Å². The number of nitrogens with one attached hydrogen (secondary N) is 1. The second-order valence-corrected chi connectivity index (χ2v) is 4.63. The van der Waals surface area contributed by atoms with Crippen LogP contribution < -0.4 is 5.32 Å². The fraction of sp³-hybridized carbons (Fsp3) is 0.333. The van der Waals surface area contributed by atoms with E-state index in [1.54, 1.807) is 0 Å². The summed E-state index contributed by atoms with van der Waals surface area (Å²) in [4.78, 5) is 0. The van der Waals surface area contributed by atoms with Crippen molar-refractivity contribution >= 4 is 0 Å². The maximum absolute atomic E-state index is 13.5. The molecule has 1 atom stereocenters. The SMILES string of the molecule is CCNC(C)c1ccn(Cc2cc(F)ccc2F)c1. The van der Waals surface area contributed by atoms with Gasteiger partial charge in [0.2, 0.25) is 0 Å². The standard InChI is InChI=1S/C15H18F2N2/c1-3-18-11(2)12-6-7-19(9-12)10-13-8-14(16)4-5-15(13)17/h4-9,11,18H,3,10H2,1-2H3. The van der Waals surface area contributed by atoms with Crippen LogP contribution in [0.15, 0.2) is 36.7 Å². The van der Waals surface area contributed by atoms with Crippen LogP contribution >= 0.6 is 0 Å². The number of nitrogens with zero attached hydrogens (tertiary/aromatic N) is 1. The molecular formula is C15H18F2N2. The molecule has 1 aromatic carbocycles. The molecule has 1 aromatic heterocycles. The third-order valence-corrected chi connectivity index (χ3v) is 3.14. The normalized spacial score (nSPS) is 12.6. The van der Waals surface area contributed by atoms with Crippen LogP contribution in [0.3, 0.4) is 0 Å². The highest BCUT2D eigenvalue weighted by molar-refractivity contribution is 5.21. The van der Waals surface area contributed by atoms with Gasteiger partial charge in [-0.25, -0.2) is 8.78 Å². The zero-order valence-corrected chi connectivity index (χ0v) is 11.2. The van der Waals surface area contributed by atoms with Gasteiger partial charge in [0.15, 0.2) is 0 Å². The minimum absolute atomic E-state index is 0.253. The van der Waals surface area contributed by atoms with Gasteiger partial charge in [0.1, 0.15) is 11.6 Å². The van der Waals surface area contributed by atoms with E-state index in [-0.39, 0.29) is 11.9 Å². The van der Waals surface area contributed by atoms with E-state index in [1.807, 2.05) is 23.0 Å².